The Morgan fingerprint density at radius 1 is 1.19 bits per heavy atom. The molecule has 1 aromatic carbocycles. The van der Waals surface area contributed by atoms with Gasteiger partial charge in [0, 0.05) is 0 Å². The summed E-state index contributed by atoms with van der Waals surface area (Å²) in [4.78, 5) is 0. The molecule has 0 aromatic heterocycles. The van der Waals surface area contributed by atoms with Gasteiger partial charge < -0.3 is 4.74 Å². The summed E-state index contributed by atoms with van der Waals surface area (Å²) in [5.74, 6) is 1.43. The van der Waals surface area contributed by atoms with Crippen molar-refractivity contribution in [1.29, 1.82) is 0 Å². The summed E-state index contributed by atoms with van der Waals surface area (Å²) in [6, 6.07) is 8.11. The molecule has 0 radical (unpaired) electrons. The molecule has 0 amide bonds. The molecule has 0 aliphatic heterocycles. The molecule has 0 aliphatic carbocycles. The Labute approximate surface area is 104 Å². The molecule has 0 saturated carbocycles. The molecule has 2 atom stereocenters. The van der Waals surface area contributed by atoms with Crippen molar-refractivity contribution in [3.05, 3.63) is 29.8 Å². The van der Waals surface area contributed by atoms with E-state index < -0.39 is 0 Å². The van der Waals surface area contributed by atoms with Gasteiger partial charge in [0.2, 0.25) is 0 Å². The van der Waals surface area contributed by atoms with E-state index in [4.69, 9.17) is 16.3 Å². The number of hydrogen-bond acceptors (Lipinski definition) is 1. The first-order valence-electron chi connectivity index (χ1n) is 6.05. The first kappa shape index (κ1) is 13.4. The van der Waals surface area contributed by atoms with E-state index in [-0.39, 0.29) is 5.38 Å². The van der Waals surface area contributed by atoms with Gasteiger partial charge in [0.25, 0.3) is 0 Å². The standard InChI is InChI=1S/C14H21ClO/c1-4-6-11(3)14(15)12-7-9-13(10-8-12)16-5-2/h7-11,14H,4-6H2,1-3H3. The number of benzene rings is 1. The van der Waals surface area contributed by atoms with Crippen LogP contribution in [0.3, 0.4) is 0 Å². The summed E-state index contributed by atoms with van der Waals surface area (Å²) >= 11 is 6.42. The van der Waals surface area contributed by atoms with E-state index in [1.165, 1.54) is 18.4 Å². The second-order valence-corrected chi connectivity index (χ2v) is 4.64. The Bertz CT molecular complexity index is 294. The van der Waals surface area contributed by atoms with Gasteiger partial charge in [0.05, 0.1) is 12.0 Å². The van der Waals surface area contributed by atoms with Crippen molar-refractivity contribution in [2.24, 2.45) is 5.92 Å². The minimum absolute atomic E-state index is 0.107. The highest BCUT2D eigenvalue weighted by Gasteiger charge is 2.15. The maximum Gasteiger partial charge on any atom is 0.119 e. The van der Waals surface area contributed by atoms with Crippen LogP contribution in [0.15, 0.2) is 24.3 Å². The van der Waals surface area contributed by atoms with Gasteiger partial charge in [-0.05, 0) is 37.0 Å². The van der Waals surface area contributed by atoms with Gasteiger partial charge in [-0.2, -0.15) is 0 Å². The molecule has 2 heteroatoms. The second-order valence-electron chi connectivity index (χ2n) is 4.17. The Morgan fingerprint density at radius 2 is 1.81 bits per heavy atom. The van der Waals surface area contributed by atoms with Crippen LogP contribution in [0.5, 0.6) is 5.75 Å². The van der Waals surface area contributed by atoms with Crippen LogP contribution in [0.25, 0.3) is 0 Å². The largest absolute Gasteiger partial charge is 0.494 e. The molecule has 0 spiro atoms. The van der Waals surface area contributed by atoms with Gasteiger partial charge in [-0.1, -0.05) is 32.4 Å². The molecule has 0 saturated heterocycles. The molecular weight excluding hydrogens is 220 g/mol. The van der Waals surface area contributed by atoms with Gasteiger partial charge in [-0.3, -0.25) is 0 Å². The van der Waals surface area contributed by atoms with Gasteiger partial charge in [0.1, 0.15) is 5.75 Å². The van der Waals surface area contributed by atoms with E-state index in [0.717, 1.165) is 5.75 Å². The molecule has 16 heavy (non-hydrogen) atoms. The van der Waals surface area contributed by atoms with E-state index >= 15 is 0 Å². The number of rotatable bonds is 6. The molecule has 0 fully saturated rings. The fraction of sp³-hybridized carbons (Fsp3) is 0.571. The first-order chi connectivity index (χ1) is 7.69. The lowest BCUT2D eigenvalue weighted by Gasteiger charge is -2.17. The minimum Gasteiger partial charge on any atom is -0.494 e. The van der Waals surface area contributed by atoms with Gasteiger partial charge in [0.15, 0.2) is 0 Å². The van der Waals surface area contributed by atoms with Crippen LogP contribution in [0.1, 0.15) is 44.6 Å². The van der Waals surface area contributed by atoms with Crippen molar-refractivity contribution in [3.63, 3.8) is 0 Å². The summed E-state index contributed by atoms with van der Waals surface area (Å²) in [6.07, 6.45) is 2.35. The van der Waals surface area contributed by atoms with Crippen LogP contribution in [0.2, 0.25) is 0 Å². The predicted molar refractivity (Wildman–Crippen MR) is 70.3 cm³/mol. The van der Waals surface area contributed by atoms with Crippen molar-refractivity contribution in [2.75, 3.05) is 6.61 Å². The van der Waals surface area contributed by atoms with Crippen molar-refractivity contribution in [1.82, 2.24) is 0 Å². The van der Waals surface area contributed by atoms with Crippen molar-refractivity contribution >= 4 is 11.6 Å². The van der Waals surface area contributed by atoms with Crippen LogP contribution < -0.4 is 4.74 Å². The molecular formula is C14H21ClO. The van der Waals surface area contributed by atoms with E-state index in [0.29, 0.717) is 12.5 Å². The molecule has 90 valence electrons. The third-order valence-corrected chi connectivity index (χ3v) is 3.44. The Balaban J connectivity index is 2.65. The molecule has 1 nitrogen and oxygen atoms in total. The van der Waals surface area contributed by atoms with E-state index in [1.807, 2.05) is 19.1 Å². The zero-order chi connectivity index (χ0) is 12.0. The molecule has 2 unspecified atom stereocenters. The lowest BCUT2D eigenvalue weighted by Crippen LogP contribution is -2.03. The highest BCUT2D eigenvalue weighted by molar-refractivity contribution is 6.21. The highest BCUT2D eigenvalue weighted by atomic mass is 35.5. The van der Waals surface area contributed by atoms with E-state index in [1.54, 1.807) is 0 Å². The molecule has 1 aromatic rings. The molecule has 0 bridgehead atoms. The molecule has 0 heterocycles. The highest BCUT2D eigenvalue weighted by Crippen LogP contribution is 2.32. The van der Waals surface area contributed by atoms with Crippen molar-refractivity contribution in [2.45, 2.75) is 39.0 Å². The van der Waals surface area contributed by atoms with Crippen LogP contribution in [-0.4, -0.2) is 6.61 Å². The fourth-order valence-electron chi connectivity index (χ4n) is 1.84. The van der Waals surface area contributed by atoms with Crippen LogP contribution in [0, 0.1) is 5.92 Å². The SMILES string of the molecule is CCCC(C)C(Cl)c1ccc(OCC)cc1. The lowest BCUT2D eigenvalue weighted by atomic mass is 9.96. The molecule has 1 rings (SSSR count). The monoisotopic (exact) mass is 240 g/mol. The molecule has 0 aliphatic rings. The third-order valence-electron chi connectivity index (χ3n) is 2.75. The quantitative estimate of drug-likeness (QED) is 0.649. The summed E-state index contributed by atoms with van der Waals surface area (Å²) in [5.41, 5.74) is 1.19. The lowest BCUT2D eigenvalue weighted by molar-refractivity contribution is 0.340. The normalized spacial score (nSPS) is 14.5. The van der Waals surface area contributed by atoms with E-state index in [2.05, 4.69) is 26.0 Å². The number of ether oxygens (including phenoxy) is 1. The van der Waals surface area contributed by atoms with Crippen LogP contribution >= 0.6 is 11.6 Å². The summed E-state index contributed by atoms with van der Waals surface area (Å²) in [6.45, 7) is 7.09. The molecule has 0 N–H and O–H groups in total. The average Bonchev–Trinajstić information content (AvgIpc) is 2.30. The third kappa shape index (κ3) is 3.71. The maximum absolute atomic E-state index is 6.42. The topological polar surface area (TPSA) is 9.23 Å². The first-order valence-corrected chi connectivity index (χ1v) is 6.49. The minimum atomic E-state index is 0.107. The van der Waals surface area contributed by atoms with E-state index in [9.17, 15) is 0 Å². The van der Waals surface area contributed by atoms with Crippen LogP contribution in [0.4, 0.5) is 0 Å². The van der Waals surface area contributed by atoms with Crippen LogP contribution in [-0.2, 0) is 0 Å². The predicted octanol–water partition coefficient (Wildman–Crippen LogP) is 4.80. The zero-order valence-corrected chi connectivity index (χ0v) is 11.1. The maximum atomic E-state index is 6.42. The number of alkyl halides is 1. The van der Waals surface area contributed by atoms with Gasteiger partial charge in [-0.25, -0.2) is 0 Å². The zero-order valence-electron chi connectivity index (χ0n) is 10.4. The van der Waals surface area contributed by atoms with Crippen molar-refractivity contribution in [3.8, 4) is 5.75 Å². The van der Waals surface area contributed by atoms with Gasteiger partial charge >= 0.3 is 0 Å². The smallest absolute Gasteiger partial charge is 0.119 e. The summed E-state index contributed by atoms with van der Waals surface area (Å²) in [7, 11) is 0. The summed E-state index contributed by atoms with van der Waals surface area (Å²) < 4.78 is 5.41. The Hall–Kier alpha value is -0.690. The number of hydrogen-bond donors (Lipinski definition) is 0. The second kappa shape index (κ2) is 6.80. The Kier molecular flexibility index (Phi) is 5.68. The Morgan fingerprint density at radius 3 is 2.31 bits per heavy atom. The summed E-state index contributed by atoms with van der Waals surface area (Å²) in [5, 5.41) is 0.107. The number of halogens is 1. The van der Waals surface area contributed by atoms with Gasteiger partial charge in [-0.15, -0.1) is 11.6 Å². The van der Waals surface area contributed by atoms with Crippen molar-refractivity contribution < 1.29 is 4.74 Å². The average molecular weight is 241 g/mol. The fourth-order valence-corrected chi connectivity index (χ4v) is 2.12.